The van der Waals surface area contributed by atoms with Crippen molar-refractivity contribution in [3.63, 3.8) is 0 Å². The third-order valence-electron chi connectivity index (χ3n) is 4.24. The van der Waals surface area contributed by atoms with Crippen LogP contribution in [0.4, 0.5) is 14.5 Å². The van der Waals surface area contributed by atoms with Gasteiger partial charge in [0.25, 0.3) is 0 Å². The third-order valence-corrected chi connectivity index (χ3v) is 4.24. The van der Waals surface area contributed by atoms with Crippen LogP contribution in [0, 0.1) is 0 Å². The molecule has 3 aromatic carbocycles. The number of ketones is 1. The van der Waals surface area contributed by atoms with Crippen LogP contribution in [0.5, 0.6) is 5.75 Å². The number of carbonyl (C=O) groups excluding carboxylic acids is 1. The molecule has 3 aromatic rings. The van der Waals surface area contributed by atoms with E-state index in [2.05, 4.69) is 5.32 Å². The highest BCUT2D eigenvalue weighted by molar-refractivity contribution is 6.02. The number of nitrogens with one attached hydrogen (secondary N) is 1. The first-order valence-corrected chi connectivity index (χ1v) is 8.45. The number of benzene rings is 3. The summed E-state index contributed by atoms with van der Waals surface area (Å²) in [6, 6.07) is 21.1. The molecule has 1 unspecified atom stereocenters. The molecule has 0 heterocycles. The minimum Gasteiger partial charge on any atom is -0.497 e. The molecule has 138 valence electrons. The number of alkyl halides is 2. The van der Waals surface area contributed by atoms with Gasteiger partial charge in [-0.3, -0.25) is 4.79 Å². The van der Waals surface area contributed by atoms with Gasteiger partial charge in [0.05, 0.1) is 7.11 Å². The van der Waals surface area contributed by atoms with Crippen LogP contribution < -0.4 is 10.1 Å². The van der Waals surface area contributed by atoms with E-state index in [0.29, 0.717) is 17.0 Å². The van der Waals surface area contributed by atoms with Gasteiger partial charge < -0.3 is 10.1 Å². The third kappa shape index (κ3) is 4.14. The van der Waals surface area contributed by atoms with Crippen LogP contribution in [0.1, 0.15) is 22.0 Å². The molecule has 0 aromatic heterocycles. The topological polar surface area (TPSA) is 38.3 Å². The summed E-state index contributed by atoms with van der Waals surface area (Å²) in [5, 5.41) is 2.81. The second-order valence-electron chi connectivity index (χ2n) is 6.03. The number of methoxy groups -OCH3 is 1. The maximum atomic E-state index is 15.3. The number of anilines is 1. The van der Waals surface area contributed by atoms with Crippen molar-refractivity contribution in [2.75, 3.05) is 12.4 Å². The Kier molecular flexibility index (Phi) is 5.50. The minimum absolute atomic E-state index is 0.0726. The van der Waals surface area contributed by atoms with Gasteiger partial charge in [0.2, 0.25) is 5.78 Å². The molecule has 0 fully saturated rings. The lowest BCUT2D eigenvalue weighted by Crippen LogP contribution is -2.40. The predicted octanol–water partition coefficient (Wildman–Crippen LogP) is 5.37. The summed E-state index contributed by atoms with van der Waals surface area (Å²) in [4.78, 5) is 12.6. The lowest BCUT2D eigenvalue weighted by atomic mass is 9.93. The SMILES string of the molecule is COc1ccc(C(=O)C(F)(F)C(Nc2ccccc2)c2ccccc2)cc1. The van der Waals surface area contributed by atoms with Crippen molar-refractivity contribution < 1.29 is 18.3 Å². The van der Waals surface area contributed by atoms with E-state index in [1.54, 1.807) is 60.7 Å². The van der Waals surface area contributed by atoms with E-state index in [1.807, 2.05) is 0 Å². The predicted molar refractivity (Wildman–Crippen MR) is 102 cm³/mol. The van der Waals surface area contributed by atoms with Crippen LogP contribution in [0.3, 0.4) is 0 Å². The fourth-order valence-electron chi connectivity index (χ4n) is 2.80. The number of para-hydroxylation sites is 1. The molecule has 0 aliphatic carbocycles. The summed E-state index contributed by atoms with van der Waals surface area (Å²) in [6.45, 7) is 0. The lowest BCUT2D eigenvalue weighted by Gasteiger charge is -2.28. The molecule has 1 atom stereocenters. The Hall–Kier alpha value is -3.21. The lowest BCUT2D eigenvalue weighted by molar-refractivity contribution is -0.00269. The molecule has 3 nitrogen and oxygen atoms in total. The molecule has 1 N–H and O–H groups in total. The van der Waals surface area contributed by atoms with E-state index in [9.17, 15) is 4.79 Å². The van der Waals surface area contributed by atoms with Crippen LogP contribution in [0.2, 0.25) is 0 Å². The fourth-order valence-corrected chi connectivity index (χ4v) is 2.80. The summed E-state index contributed by atoms with van der Waals surface area (Å²) in [7, 11) is 1.47. The highest BCUT2D eigenvalue weighted by Crippen LogP contribution is 2.37. The molecular weight excluding hydrogens is 348 g/mol. The van der Waals surface area contributed by atoms with E-state index in [-0.39, 0.29) is 5.56 Å². The van der Waals surface area contributed by atoms with Crippen molar-refractivity contribution in [3.8, 4) is 5.75 Å². The van der Waals surface area contributed by atoms with Crippen LogP contribution in [0.15, 0.2) is 84.9 Å². The second kappa shape index (κ2) is 7.99. The van der Waals surface area contributed by atoms with Crippen molar-refractivity contribution in [1.82, 2.24) is 0 Å². The van der Waals surface area contributed by atoms with Crippen molar-refractivity contribution in [2.45, 2.75) is 12.0 Å². The molecule has 3 rings (SSSR count). The molecule has 0 aliphatic rings. The number of ether oxygens (including phenoxy) is 1. The Morgan fingerprint density at radius 1 is 0.889 bits per heavy atom. The van der Waals surface area contributed by atoms with Gasteiger partial charge in [-0.05, 0) is 42.0 Å². The summed E-state index contributed by atoms with van der Waals surface area (Å²) >= 11 is 0. The van der Waals surface area contributed by atoms with Crippen LogP contribution in [-0.2, 0) is 0 Å². The first kappa shape index (κ1) is 18.6. The summed E-state index contributed by atoms with van der Waals surface area (Å²) in [5.74, 6) is -4.41. The highest BCUT2D eigenvalue weighted by Gasteiger charge is 2.48. The van der Waals surface area contributed by atoms with Crippen molar-refractivity contribution >= 4 is 11.5 Å². The maximum absolute atomic E-state index is 15.3. The Morgan fingerprint density at radius 3 is 2.00 bits per heavy atom. The van der Waals surface area contributed by atoms with Gasteiger partial charge in [0.15, 0.2) is 0 Å². The quantitative estimate of drug-likeness (QED) is 0.571. The van der Waals surface area contributed by atoms with Gasteiger partial charge in [-0.2, -0.15) is 8.78 Å². The van der Waals surface area contributed by atoms with Crippen molar-refractivity contribution in [3.05, 3.63) is 96.1 Å². The molecule has 5 heteroatoms. The number of halogens is 2. The molecule has 0 amide bonds. The number of hydrogen-bond acceptors (Lipinski definition) is 3. The average molecular weight is 367 g/mol. The van der Waals surface area contributed by atoms with Crippen LogP contribution in [0.25, 0.3) is 0 Å². The smallest absolute Gasteiger partial charge is 0.333 e. The van der Waals surface area contributed by atoms with Crippen LogP contribution in [-0.4, -0.2) is 18.8 Å². The van der Waals surface area contributed by atoms with Gasteiger partial charge in [-0.25, -0.2) is 0 Å². The van der Waals surface area contributed by atoms with E-state index in [0.717, 1.165) is 0 Å². The molecule has 0 saturated carbocycles. The molecule has 0 spiro atoms. The Labute approximate surface area is 156 Å². The first-order chi connectivity index (χ1) is 13.0. The molecule has 0 aliphatic heterocycles. The van der Waals surface area contributed by atoms with E-state index >= 15 is 8.78 Å². The Morgan fingerprint density at radius 2 is 1.44 bits per heavy atom. The summed E-state index contributed by atoms with van der Waals surface area (Å²) in [5.41, 5.74) is 0.762. The Bertz CT molecular complexity index is 881. The normalized spacial score (nSPS) is 12.3. The van der Waals surface area contributed by atoms with Gasteiger partial charge >= 0.3 is 5.92 Å². The summed E-state index contributed by atoms with van der Waals surface area (Å²) in [6.07, 6.45) is 0. The van der Waals surface area contributed by atoms with Gasteiger partial charge in [0.1, 0.15) is 11.8 Å². The van der Waals surface area contributed by atoms with E-state index in [1.165, 1.54) is 31.4 Å². The monoisotopic (exact) mass is 367 g/mol. The van der Waals surface area contributed by atoms with Gasteiger partial charge in [0, 0.05) is 11.3 Å². The van der Waals surface area contributed by atoms with Gasteiger partial charge in [-0.15, -0.1) is 0 Å². The molecule has 0 saturated heterocycles. The van der Waals surface area contributed by atoms with Crippen LogP contribution >= 0.6 is 0 Å². The molecule has 27 heavy (non-hydrogen) atoms. The fraction of sp³-hybridized carbons (Fsp3) is 0.136. The number of rotatable bonds is 7. The largest absolute Gasteiger partial charge is 0.497 e. The first-order valence-electron chi connectivity index (χ1n) is 8.45. The zero-order valence-corrected chi connectivity index (χ0v) is 14.7. The van der Waals surface area contributed by atoms with Gasteiger partial charge in [-0.1, -0.05) is 48.5 Å². The number of hydrogen-bond donors (Lipinski definition) is 1. The molecule has 0 radical (unpaired) electrons. The summed E-state index contributed by atoms with van der Waals surface area (Å²) < 4.78 is 35.6. The zero-order chi connectivity index (χ0) is 19.3. The zero-order valence-electron chi connectivity index (χ0n) is 14.7. The van der Waals surface area contributed by atoms with E-state index in [4.69, 9.17) is 4.74 Å². The maximum Gasteiger partial charge on any atom is 0.333 e. The highest BCUT2D eigenvalue weighted by atomic mass is 19.3. The number of carbonyl (C=O) groups is 1. The second-order valence-corrected chi connectivity index (χ2v) is 6.03. The minimum atomic E-state index is -3.66. The standard InChI is InChI=1S/C22H19F2NO2/c1-27-19-14-12-17(13-15-19)21(26)22(23,24)20(16-8-4-2-5-9-16)25-18-10-6-3-7-11-18/h2-15,20,25H,1H3. The van der Waals surface area contributed by atoms with Crippen molar-refractivity contribution in [2.24, 2.45) is 0 Å². The van der Waals surface area contributed by atoms with Crippen molar-refractivity contribution in [1.29, 1.82) is 0 Å². The molecule has 0 bridgehead atoms. The Balaban J connectivity index is 1.96. The molecular formula is C22H19F2NO2. The van der Waals surface area contributed by atoms with E-state index < -0.39 is 17.7 Å². The average Bonchev–Trinajstić information content (AvgIpc) is 2.73. The number of Topliss-reactive ketones (excluding diaryl/α,β-unsaturated/α-hetero) is 1.